The highest BCUT2D eigenvalue weighted by atomic mass is 19.1. The van der Waals surface area contributed by atoms with Crippen molar-refractivity contribution in [1.29, 1.82) is 0 Å². The van der Waals surface area contributed by atoms with Crippen LogP contribution >= 0.6 is 0 Å². The van der Waals surface area contributed by atoms with Gasteiger partial charge in [0.25, 0.3) is 0 Å². The molecule has 2 rings (SSSR count). The lowest BCUT2D eigenvalue weighted by Crippen LogP contribution is -2.51. The van der Waals surface area contributed by atoms with Crippen LogP contribution in [0.4, 0.5) is 14.9 Å². The number of methoxy groups -OCH3 is 2. The molecule has 35 heavy (non-hydrogen) atoms. The number of amides is 2. The van der Waals surface area contributed by atoms with Gasteiger partial charge in [0.1, 0.15) is 17.2 Å². The molecule has 2 aromatic rings. The van der Waals surface area contributed by atoms with Gasteiger partial charge in [-0.25, -0.2) is 9.18 Å². The van der Waals surface area contributed by atoms with Crippen LogP contribution in [0.25, 0.3) is 0 Å². The van der Waals surface area contributed by atoms with E-state index in [1.54, 1.807) is 18.2 Å². The molecule has 0 saturated heterocycles. The summed E-state index contributed by atoms with van der Waals surface area (Å²) in [6, 6.07) is 8.11. The Bertz CT molecular complexity index is 953. The van der Waals surface area contributed by atoms with Gasteiger partial charge in [0, 0.05) is 17.3 Å². The Labute approximate surface area is 205 Å². The van der Waals surface area contributed by atoms with Crippen LogP contribution in [0.5, 0.6) is 17.2 Å². The average Bonchev–Trinajstić information content (AvgIpc) is 2.86. The van der Waals surface area contributed by atoms with Crippen molar-refractivity contribution in [3.05, 3.63) is 47.8 Å². The van der Waals surface area contributed by atoms with Crippen LogP contribution in [0.1, 0.15) is 31.7 Å². The molecule has 0 spiro atoms. The Hall–Kier alpha value is -3.08. The van der Waals surface area contributed by atoms with Gasteiger partial charge in [-0.1, -0.05) is 19.8 Å². The summed E-state index contributed by atoms with van der Waals surface area (Å²) in [5, 5.41) is 32.3. The molecule has 0 saturated carbocycles. The van der Waals surface area contributed by atoms with Gasteiger partial charge in [0.05, 0.1) is 47.1 Å². The molecular formula is C25H35FN2O7. The summed E-state index contributed by atoms with van der Waals surface area (Å²) in [6.45, 7) is 0.426. The molecule has 4 N–H and O–H groups in total. The number of benzene rings is 2. The molecule has 9 nitrogen and oxygen atoms in total. The van der Waals surface area contributed by atoms with E-state index in [9.17, 15) is 24.5 Å². The van der Waals surface area contributed by atoms with Crippen LogP contribution in [-0.2, 0) is 6.54 Å². The molecule has 0 radical (unpaired) electrons. The summed E-state index contributed by atoms with van der Waals surface area (Å²) < 4.78 is 30.3. The van der Waals surface area contributed by atoms with Crippen molar-refractivity contribution in [1.82, 2.24) is 4.90 Å². The molecule has 194 valence electrons. The molecule has 0 unspecified atom stereocenters. The van der Waals surface area contributed by atoms with Gasteiger partial charge >= 0.3 is 6.03 Å². The number of hydrogen-bond donors (Lipinski definition) is 4. The summed E-state index contributed by atoms with van der Waals surface area (Å²) in [7, 11) is 2.93. The van der Waals surface area contributed by atoms with Gasteiger partial charge in [0.15, 0.2) is 11.5 Å². The second-order valence-electron chi connectivity index (χ2n) is 8.20. The summed E-state index contributed by atoms with van der Waals surface area (Å²) in [5.74, 6) is 0.784. The second-order valence-corrected chi connectivity index (χ2v) is 8.20. The molecule has 0 heterocycles. The van der Waals surface area contributed by atoms with E-state index in [4.69, 9.17) is 14.2 Å². The van der Waals surface area contributed by atoms with Crippen LogP contribution in [-0.4, -0.2) is 72.4 Å². The fraction of sp³-hybridized carbons (Fsp3) is 0.480. The number of rotatable bonds is 14. The number of nitrogens with zero attached hydrogens (tertiary/aromatic N) is 1. The van der Waals surface area contributed by atoms with Gasteiger partial charge in [-0.2, -0.15) is 0 Å². The predicted molar refractivity (Wildman–Crippen MR) is 130 cm³/mol. The van der Waals surface area contributed by atoms with Crippen molar-refractivity contribution >= 4 is 11.7 Å². The first kappa shape index (κ1) is 28.2. The largest absolute Gasteiger partial charge is 0.496 e. The Kier molecular flexibility index (Phi) is 11.0. The van der Waals surface area contributed by atoms with Crippen LogP contribution < -0.4 is 19.5 Å². The molecule has 2 amide bonds. The topological polar surface area (TPSA) is 121 Å². The summed E-state index contributed by atoms with van der Waals surface area (Å²) in [6.07, 6.45) is 2.95. The SMILES string of the molecule is CCCCCOc1cc(NC(=O)N(Cc2cc(F)ccc2OC)CC(O)(CO)CO)ccc1OC. The Morgan fingerprint density at radius 3 is 2.34 bits per heavy atom. The Morgan fingerprint density at radius 2 is 1.71 bits per heavy atom. The molecule has 0 fully saturated rings. The first-order valence-corrected chi connectivity index (χ1v) is 11.4. The number of unbranched alkanes of at least 4 members (excludes halogenated alkanes) is 2. The predicted octanol–water partition coefficient (Wildman–Crippen LogP) is 3.16. The molecule has 0 atom stereocenters. The number of halogens is 1. The molecule has 0 aromatic heterocycles. The van der Waals surface area contributed by atoms with Crippen LogP contribution in [0.15, 0.2) is 36.4 Å². The second kappa shape index (κ2) is 13.7. The summed E-state index contributed by atoms with van der Waals surface area (Å²) in [4.78, 5) is 14.4. The molecule has 2 aromatic carbocycles. The molecule has 0 aliphatic carbocycles. The van der Waals surface area contributed by atoms with Crippen molar-refractivity contribution in [2.24, 2.45) is 0 Å². The fourth-order valence-corrected chi connectivity index (χ4v) is 3.39. The number of ether oxygens (including phenoxy) is 3. The summed E-state index contributed by atoms with van der Waals surface area (Å²) in [5.41, 5.74) is -1.23. The number of urea groups is 1. The van der Waals surface area contributed by atoms with E-state index in [1.807, 2.05) is 0 Å². The van der Waals surface area contributed by atoms with Gasteiger partial charge in [-0.05, 0) is 36.8 Å². The van der Waals surface area contributed by atoms with Gasteiger partial charge in [0.2, 0.25) is 0 Å². The van der Waals surface area contributed by atoms with Crippen molar-refractivity contribution < 1.29 is 38.7 Å². The summed E-state index contributed by atoms with van der Waals surface area (Å²) >= 11 is 0. The van der Waals surface area contributed by atoms with E-state index >= 15 is 0 Å². The van der Waals surface area contributed by atoms with Crippen molar-refractivity contribution in [2.45, 2.75) is 38.3 Å². The number of nitrogens with one attached hydrogen (secondary N) is 1. The maximum Gasteiger partial charge on any atom is 0.322 e. The standard InChI is InChI=1S/C25H35FN2O7/c1-4-5-6-11-35-23-13-20(8-10-22(23)34-3)27-24(31)28(15-25(32,16-29)17-30)14-18-12-19(26)7-9-21(18)33-2/h7-10,12-13,29-30,32H,4-6,11,14-17H2,1-3H3,(H,27,31). The smallest absolute Gasteiger partial charge is 0.322 e. The minimum absolute atomic E-state index is 0.161. The van der Waals surface area contributed by atoms with E-state index in [2.05, 4.69) is 12.2 Å². The van der Waals surface area contributed by atoms with E-state index in [1.165, 1.54) is 32.4 Å². The first-order valence-electron chi connectivity index (χ1n) is 11.4. The lowest BCUT2D eigenvalue weighted by molar-refractivity contribution is -0.0683. The first-order chi connectivity index (χ1) is 16.8. The average molecular weight is 495 g/mol. The van der Waals surface area contributed by atoms with E-state index in [0.717, 1.165) is 24.2 Å². The van der Waals surface area contributed by atoms with Crippen molar-refractivity contribution in [3.8, 4) is 17.2 Å². The zero-order valence-electron chi connectivity index (χ0n) is 20.4. The molecule has 0 aliphatic rings. The highest BCUT2D eigenvalue weighted by Crippen LogP contribution is 2.31. The van der Waals surface area contributed by atoms with Gasteiger partial charge in [-0.3, -0.25) is 0 Å². The molecule has 0 bridgehead atoms. The van der Waals surface area contributed by atoms with Crippen molar-refractivity contribution in [3.63, 3.8) is 0 Å². The highest BCUT2D eigenvalue weighted by molar-refractivity contribution is 5.89. The minimum Gasteiger partial charge on any atom is -0.496 e. The van der Waals surface area contributed by atoms with Crippen LogP contribution in [0.3, 0.4) is 0 Å². The van der Waals surface area contributed by atoms with E-state index in [0.29, 0.717) is 35.1 Å². The Morgan fingerprint density at radius 1 is 1.03 bits per heavy atom. The van der Waals surface area contributed by atoms with Gasteiger partial charge in [-0.15, -0.1) is 0 Å². The van der Waals surface area contributed by atoms with E-state index in [-0.39, 0.29) is 6.54 Å². The number of hydrogen-bond acceptors (Lipinski definition) is 7. The van der Waals surface area contributed by atoms with Crippen molar-refractivity contribution in [2.75, 3.05) is 45.9 Å². The quantitative estimate of drug-likeness (QED) is 0.298. The lowest BCUT2D eigenvalue weighted by Gasteiger charge is -2.32. The fourth-order valence-electron chi connectivity index (χ4n) is 3.39. The van der Waals surface area contributed by atoms with E-state index < -0.39 is 37.2 Å². The lowest BCUT2D eigenvalue weighted by atomic mass is 10.1. The highest BCUT2D eigenvalue weighted by Gasteiger charge is 2.31. The zero-order valence-corrected chi connectivity index (χ0v) is 20.4. The third kappa shape index (κ3) is 8.27. The number of aliphatic hydroxyl groups is 3. The minimum atomic E-state index is -1.97. The number of aliphatic hydroxyl groups excluding tert-OH is 2. The molecule has 0 aliphatic heterocycles. The third-order valence-electron chi connectivity index (χ3n) is 5.39. The molecular weight excluding hydrogens is 459 g/mol. The Balaban J connectivity index is 2.28. The van der Waals surface area contributed by atoms with Gasteiger partial charge < -0.3 is 39.7 Å². The van der Waals surface area contributed by atoms with Crippen LogP contribution in [0.2, 0.25) is 0 Å². The number of carbonyl (C=O) groups excluding carboxylic acids is 1. The number of carbonyl (C=O) groups is 1. The monoisotopic (exact) mass is 494 g/mol. The molecule has 10 heteroatoms. The maximum absolute atomic E-state index is 13.9. The normalized spacial score (nSPS) is 11.2. The third-order valence-corrected chi connectivity index (χ3v) is 5.39. The zero-order chi connectivity index (χ0) is 25.8. The number of anilines is 1. The van der Waals surface area contributed by atoms with Crippen LogP contribution in [0, 0.1) is 5.82 Å². The maximum atomic E-state index is 13.9.